The highest BCUT2D eigenvalue weighted by Crippen LogP contribution is 2.24. The molecule has 0 radical (unpaired) electrons. The average molecular weight is 569 g/mol. The van der Waals surface area contributed by atoms with Crippen LogP contribution < -0.4 is 0 Å². The second kappa shape index (κ2) is 21.8. The standard InChI is InChI=1S/C29H44O11/c1-3-9-22(10-7-18-37-27(33)14-13-24(31)15-16-30)28(34)39-19-8-11-23(20-25-21-40-25)29(35)38-17-6-5-12-26(32)36-4-2/h1,22-23,25,30H,4-21H2,2H3. The van der Waals surface area contributed by atoms with Crippen LogP contribution in [0.15, 0.2) is 0 Å². The zero-order valence-corrected chi connectivity index (χ0v) is 23.6. The summed E-state index contributed by atoms with van der Waals surface area (Å²) in [6.07, 6.45) is 9.33. The molecule has 0 saturated carbocycles. The lowest BCUT2D eigenvalue weighted by molar-refractivity contribution is -0.150. The normalized spacial score (nSPS) is 15.3. The number of ketones is 1. The molecule has 0 aliphatic carbocycles. The number of carbonyl (C=O) groups excluding carboxylic acids is 5. The molecule has 3 unspecified atom stereocenters. The van der Waals surface area contributed by atoms with E-state index < -0.39 is 17.9 Å². The SMILES string of the molecule is C#CCC(CCCOC(=O)CCC(=O)CCO)C(=O)OCCCC(CC1CO1)C(=O)OCCCCC(=O)OCC. The molecule has 11 heteroatoms. The Hall–Kier alpha value is -2.97. The molecular weight excluding hydrogens is 524 g/mol. The molecule has 1 N–H and O–H groups in total. The van der Waals surface area contributed by atoms with E-state index in [4.69, 9.17) is 35.2 Å². The number of hydrogen-bond acceptors (Lipinski definition) is 11. The lowest BCUT2D eigenvalue weighted by Gasteiger charge is -2.16. The quantitative estimate of drug-likeness (QED) is 0.0601. The van der Waals surface area contributed by atoms with Gasteiger partial charge in [-0.1, -0.05) is 0 Å². The third-order valence-electron chi connectivity index (χ3n) is 6.21. The van der Waals surface area contributed by atoms with Crippen molar-refractivity contribution in [2.75, 3.05) is 39.6 Å². The van der Waals surface area contributed by atoms with Crippen LogP contribution in [0.5, 0.6) is 0 Å². The molecule has 0 spiro atoms. The van der Waals surface area contributed by atoms with E-state index in [-0.39, 0.29) is 88.3 Å². The second-order valence-corrected chi connectivity index (χ2v) is 9.61. The van der Waals surface area contributed by atoms with Gasteiger partial charge in [0.25, 0.3) is 0 Å². The van der Waals surface area contributed by atoms with Gasteiger partial charge in [-0.15, -0.1) is 12.3 Å². The zero-order valence-electron chi connectivity index (χ0n) is 23.6. The molecule has 0 bridgehead atoms. The minimum Gasteiger partial charge on any atom is -0.466 e. The number of aliphatic hydroxyl groups is 1. The van der Waals surface area contributed by atoms with E-state index in [0.29, 0.717) is 58.2 Å². The predicted molar refractivity (Wildman–Crippen MR) is 143 cm³/mol. The van der Waals surface area contributed by atoms with Crippen LogP contribution in [-0.2, 0) is 47.7 Å². The Balaban J connectivity index is 2.30. The van der Waals surface area contributed by atoms with Crippen LogP contribution in [-0.4, -0.2) is 80.5 Å². The fourth-order valence-corrected chi connectivity index (χ4v) is 3.89. The second-order valence-electron chi connectivity index (χ2n) is 9.61. The van der Waals surface area contributed by atoms with Crippen LogP contribution in [0.3, 0.4) is 0 Å². The summed E-state index contributed by atoms with van der Waals surface area (Å²) in [4.78, 5) is 59.6. The predicted octanol–water partition coefficient (Wildman–Crippen LogP) is 2.69. The summed E-state index contributed by atoms with van der Waals surface area (Å²) in [5.74, 6) is -0.180. The Kier molecular flexibility index (Phi) is 19.1. The van der Waals surface area contributed by atoms with Gasteiger partial charge in [0.05, 0.1) is 57.4 Å². The highest BCUT2D eigenvalue weighted by atomic mass is 16.6. The van der Waals surface area contributed by atoms with Crippen LogP contribution in [0.4, 0.5) is 0 Å². The van der Waals surface area contributed by atoms with Gasteiger partial charge < -0.3 is 28.8 Å². The van der Waals surface area contributed by atoms with Gasteiger partial charge in [-0.25, -0.2) is 0 Å². The van der Waals surface area contributed by atoms with Crippen molar-refractivity contribution in [2.24, 2.45) is 11.8 Å². The van der Waals surface area contributed by atoms with E-state index in [1.165, 1.54) is 0 Å². The number of aliphatic hydroxyl groups excluding tert-OH is 1. The van der Waals surface area contributed by atoms with Gasteiger partial charge >= 0.3 is 23.9 Å². The first-order chi connectivity index (χ1) is 19.3. The Morgan fingerprint density at radius 1 is 0.825 bits per heavy atom. The van der Waals surface area contributed by atoms with Gasteiger partial charge in [0.15, 0.2) is 0 Å². The Morgan fingerprint density at radius 2 is 1.43 bits per heavy atom. The van der Waals surface area contributed by atoms with E-state index in [1.54, 1.807) is 6.92 Å². The molecule has 0 aromatic heterocycles. The molecule has 1 aliphatic heterocycles. The molecule has 1 heterocycles. The summed E-state index contributed by atoms with van der Waals surface area (Å²) in [5.41, 5.74) is 0. The van der Waals surface area contributed by atoms with Crippen molar-refractivity contribution in [3.8, 4) is 12.3 Å². The third-order valence-corrected chi connectivity index (χ3v) is 6.21. The summed E-state index contributed by atoms with van der Waals surface area (Å²) in [6.45, 7) is 2.91. The molecular formula is C29H44O11. The van der Waals surface area contributed by atoms with Crippen molar-refractivity contribution in [1.82, 2.24) is 0 Å². The smallest absolute Gasteiger partial charge is 0.309 e. The summed E-state index contributed by atoms with van der Waals surface area (Å²) in [6, 6.07) is 0. The van der Waals surface area contributed by atoms with Crippen molar-refractivity contribution in [2.45, 2.75) is 90.1 Å². The maximum atomic E-state index is 12.6. The number of esters is 4. The van der Waals surface area contributed by atoms with Crippen LogP contribution >= 0.6 is 0 Å². The Labute approximate surface area is 236 Å². The van der Waals surface area contributed by atoms with Crippen molar-refractivity contribution < 1.29 is 52.8 Å². The first-order valence-electron chi connectivity index (χ1n) is 14.1. The van der Waals surface area contributed by atoms with Gasteiger partial charge in [-0.05, 0) is 51.9 Å². The number of ether oxygens (including phenoxy) is 5. The Morgan fingerprint density at radius 3 is 2.05 bits per heavy atom. The van der Waals surface area contributed by atoms with Crippen LogP contribution in [0.25, 0.3) is 0 Å². The van der Waals surface area contributed by atoms with Gasteiger partial charge in [-0.3, -0.25) is 24.0 Å². The summed E-state index contributed by atoms with van der Waals surface area (Å²) in [5, 5.41) is 8.71. The average Bonchev–Trinajstić information content (AvgIpc) is 3.75. The van der Waals surface area contributed by atoms with Gasteiger partial charge in [-0.2, -0.15) is 0 Å². The van der Waals surface area contributed by atoms with Crippen molar-refractivity contribution in [1.29, 1.82) is 0 Å². The van der Waals surface area contributed by atoms with Crippen molar-refractivity contribution in [3.05, 3.63) is 0 Å². The molecule has 0 aromatic rings. The molecule has 11 nitrogen and oxygen atoms in total. The molecule has 1 fully saturated rings. The number of epoxide rings is 1. The van der Waals surface area contributed by atoms with Crippen molar-refractivity contribution >= 4 is 29.7 Å². The molecule has 0 amide bonds. The van der Waals surface area contributed by atoms with E-state index >= 15 is 0 Å². The molecule has 1 rings (SSSR count). The van der Waals surface area contributed by atoms with Crippen LogP contribution in [0.1, 0.15) is 84.0 Å². The lowest BCUT2D eigenvalue weighted by Crippen LogP contribution is -2.22. The number of hydrogen-bond donors (Lipinski definition) is 1. The van der Waals surface area contributed by atoms with E-state index in [2.05, 4.69) is 5.92 Å². The highest BCUT2D eigenvalue weighted by Gasteiger charge is 2.31. The van der Waals surface area contributed by atoms with E-state index in [1.807, 2.05) is 0 Å². The zero-order chi connectivity index (χ0) is 29.6. The Bertz CT molecular complexity index is 828. The maximum Gasteiger partial charge on any atom is 0.309 e. The highest BCUT2D eigenvalue weighted by molar-refractivity contribution is 5.82. The fourth-order valence-electron chi connectivity index (χ4n) is 3.89. The minimum atomic E-state index is -0.537. The molecule has 0 aromatic carbocycles. The van der Waals surface area contributed by atoms with E-state index in [9.17, 15) is 24.0 Å². The van der Waals surface area contributed by atoms with Crippen molar-refractivity contribution in [3.63, 3.8) is 0 Å². The summed E-state index contributed by atoms with van der Waals surface area (Å²) in [7, 11) is 0. The topological polar surface area (TPSA) is 155 Å². The lowest BCUT2D eigenvalue weighted by atomic mass is 9.98. The number of unbranched alkanes of at least 4 members (excludes halogenated alkanes) is 1. The minimum absolute atomic E-state index is 0.0165. The molecule has 3 atom stereocenters. The molecule has 1 aliphatic rings. The first kappa shape index (κ1) is 35.1. The number of terminal acetylenes is 1. The largest absolute Gasteiger partial charge is 0.466 e. The molecule has 40 heavy (non-hydrogen) atoms. The summed E-state index contributed by atoms with van der Waals surface area (Å²) >= 11 is 0. The van der Waals surface area contributed by atoms with E-state index in [0.717, 1.165) is 0 Å². The fraction of sp³-hybridized carbons (Fsp3) is 0.759. The third kappa shape index (κ3) is 17.6. The van der Waals surface area contributed by atoms with Crippen LogP contribution in [0, 0.1) is 24.2 Å². The molecule has 226 valence electrons. The van der Waals surface area contributed by atoms with Gasteiger partial charge in [0, 0.05) is 32.3 Å². The van der Waals surface area contributed by atoms with Gasteiger partial charge in [0.1, 0.15) is 5.78 Å². The maximum absolute atomic E-state index is 12.6. The number of Topliss-reactive ketones (excluding diaryl/α,β-unsaturated/α-hetero) is 1. The van der Waals surface area contributed by atoms with Gasteiger partial charge in [0.2, 0.25) is 0 Å². The molecule has 1 saturated heterocycles. The van der Waals surface area contributed by atoms with Crippen LogP contribution in [0.2, 0.25) is 0 Å². The first-order valence-corrected chi connectivity index (χ1v) is 14.1. The summed E-state index contributed by atoms with van der Waals surface area (Å²) < 4.78 is 26.0. The number of carbonyl (C=O) groups is 5. The number of rotatable bonds is 24. The monoisotopic (exact) mass is 568 g/mol.